The van der Waals surface area contributed by atoms with Crippen LogP contribution in [0.3, 0.4) is 0 Å². The van der Waals surface area contributed by atoms with Crippen LogP contribution in [0.15, 0.2) is 0 Å². The van der Waals surface area contributed by atoms with Gasteiger partial charge in [0, 0.05) is 12.6 Å². The summed E-state index contributed by atoms with van der Waals surface area (Å²) in [6.07, 6.45) is 0.690. The highest BCUT2D eigenvalue weighted by molar-refractivity contribution is 4.87. The van der Waals surface area contributed by atoms with Crippen LogP contribution >= 0.6 is 0 Å². The van der Waals surface area contributed by atoms with E-state index in [0.717, 1.165) is 19.6 Å². The number of nitrogens with one attached hydrogen (secondary N) is 1. The van der Waals surface area contributed by atoms with Crippen molar-refractivity contribution in [2.45, 2.75) is 31.5 Å². The Kier molecular flexibility index (Phi) is 3.38. The number of ether oxygens (including phenoxy) is 2. The molecular formula is C10H19NO3. The summed E-state index contributed by atoms with van der Waals surface area (Å²) in [5.74, 6) is 0.525. The summed E-state index contributed by atoms with van der Waals surface area (Å²) >= 11 is 0. The van der Waals surface area contributed by atoms with Crippen LogP contribution in [-0.4, -0.2) is 49.7 Å². The van der Waals surface area contributed by atoms with Crippen LogP contribution < -0.4 is 5.32 Å². The summed E-state index contributed by atoms with van der Waals surface area (Å²) in [5, 5.41) is 13.0. The predicted molar refractivity (Wildman–Crippen MR) is 52.1 cm³/mol. The van der Waals surface area contributed by atoms with E-state index in [9.17, 15) is 5.11 Å². The molecule has 2 aliphatic rings. The fourth-order valence-electron chi connectivity index (χ4n) is 2.10. The van der Waals surface area contributed by atoms with E-state index in [2.05, 4.69) is 12.2 Å². The summed E-state index contributed by atoms with van der Waals surface area (Å²) in [7, 11) is 0. The average molecular weight is 201 g/mol. The van der Waals surface area contributed by atoms with Crippen LogP contribution in [-0.2, 0) is 9.47 Å². The van der Waals surface area contributed by atoms with E-state index in [1.165, 1.54) is 0 Å². The SMILES string of the molecule is CC1COCCC1NC1COCC1O. The monoisotopic (exact) mass is 201 g/mol. The molecule has 2 fully saturated rings. The fourth-order valence-corrected chi connectivity index (χ4v) is 2.10. The first-order valence-corrected chi connectivity index (χ1v) is 5.37. The fraction of sp³-hybridized carbons (Fsp3) is 1.00. The maximum atomic E-state index is 9.59. The Balaban J connectivity index is 1.83. The van der Waals surface area contributed by atoms with E-state index in [0.29, 0.717) is 25.2 Å². The molecule has 4 nitrogen and oxygen atoms in total. The first-order chi connectivity index (χ1) is 6.77. The molecule has 0 aromatic heterocycles. The maximum Gasteiger partial charge on any atom is 0.0948 e. The minimum absolute atomic E-state index is 0.112. The van der Waals surface area contributed by atoms with Crippen molar-refractivity contribution in [2.75, 3.05) is 26.4 Å². The van der Waals surface area contributed by atoms with Gasteiger partial charge in [-0.2, -0.15) is 0 Å². The van der Waals surface area contributed by atoms with Gasteiger partial charge in [-0.15, -0.1) is 0 Å². The lowest BCUT2D eigenvalue weighted by molar-refractivity contribution is 0.0305. The molecular weight excluding hydrogens is 182 g/mol. The van der Waals surface area contributed by atoms with E-state index in [-0.39, 0.29) is 12.1 Å². The van der Waals surface area contributed by atoms with Gasteiger partial charge in [0.15, 0.2) is 0 Å². The van der Waals surface area contributed by atoms with Crippen LogP contribution in [0.5, 0.6) is 0 Å². The van der Waals surface area contributed by atoms with Crippen molar-refractivity contribution in [1.82, 2.24) is 5.32 Å². The molecule has 0 spiro atoms. The van der Waals surface area contributed by atoms with Gasteiger partial charge in [0.25, 0.3) is 0 Å². The molecule has 2 saturated heterocycles. The van der Waals surface area contributed by atoms with E-state index >= 15 is 0 Å². The molecule has 2 rings (SSSR count). The quantitative estimate of drug-likeness (QED) is 0.647. The molecule has 0 bridgehead atoms. The second kappa shape index (κ2) is 4.57. The van der Waals surface area contributed by atoms with Gasteiger partial charge in [0.05, 0.1) is 32.0 Å². The Labute approximate surface area is 84.6 Å². The zero-order chi connectivity index (χ0) is 9.97. The lowest BCUT2D eigenvalue weighted by Gasteiger charge is -2.32. The van der Waals surface area contributed by atoms with Gasteiger partial charge in [-0.1, -0.05) is 6.92 Å². The van der Waals surface area contributed by atoms with Crippen LogP contribution in [0.25, 0.3) is 0 Å². The Hall–Kier alpha value is -0.160. The molecule has 0 aromatic carbocycles. The summed E-state index contributed by atoms with van der Waals surface area (Å²) in [5.41, 5.74) is 0. The number of aliphatic hydroxyl groups excluding tert-OH is 1. The lowest BCUT2D eigenvalue weighted by atomic mass is 9.96. The molecule has 2 heterocycles. The van der Waals surface area contributed by atoms with E-state index in [4.69, 9.17) is 9.47 Å². The zero-order valence-electron chi connectivity index (χ0n) is 8.61. The van der Waals surface area contributed by atoms with Crippen molar-refractivity contribution < 1.29 is 14.6 Å². The van der Waals surface area contributed by atoms with Gasteiger partial charge in [-0.05, 0) is 12.3 Å². The average Bonchev–Trinajstić information content (AvgIpc) is 2.56. The number of hydrogen-bond acceptors (Lipinski definition) is 4. The van der Waals surface area contributed by atoms with Crippen LogP contribution in [0.4, 0.5) is 0 Å². The van der Waals surface area contributed by atoms with Crippen LogP contribution in [0.1, 0.15) is 13.3 Å². The largest absolute Gasteiger partial charge is 0.389 e. The minimum Gasteiger partial charge on any atom is -0.389 e. The normalized spacial score (nSPS) is 44.1. The molecule has 0 aromatic rings. The molecule has 2 aliphatic heterocycles. The number of rotatable bonds is 2. The van der Waals surface area contributed by atoms with Gasteiger partial charge in [-0.25, -0.2) is 0 Å². The van der Waals surface area contributed by atoms with Gasteiger partial charge in [-0.3, -0.25) is 0 Å². The smallest absolute Gasteiger partial charge is 0.0948 e. The highest BCUT2D eigenvalue weighted by Gasteiger charge is 2.31. The molecule has 0 amide bonds. The molecule has 4 atom stereocenters. The van der Waals surface area contributed by atoms with Crippen molar-refractivity contribution in [3.8, 4) is 0 Å². The molecule has 0 radical (unpaired) electrons. The first kappa shape index (κ1) is 10.4. The third kappa shape index (κ3) is 2.25. The van der Waals surface area contributed by atoms with Crippen molar-refractivity contribution in [2.24, 2.45) is 5.92 Å². The Morgan fingerprint density at radius 1 is 1.14 bits per heavy atom. The van der Waals surface area contributed by atoms with Crippen molar-refractivity contribution in [3.63, 3.8) is 0 Å². The molecule has 4 heteroatoms. The summed E-state index contributed by atoms with van der Waals surface area (Å²) in [6.45, 7) is 4.92. The van der Waals surface area contributed by atoms with Gasteiger partial charge in [0.2, 0.25) is 0 Å². The maximum absolute atomic E-state index is 9.59. The van der Waals surface area contributed by atoms with Crippen LogP contribution in [0.2, 0.25) is 0 Å². The van der Waals surface area contributed by atoms with Gasteiger partial charge in [0.1, 0.15) is 0 Å². The molecule has 82 valence electrons. The number of hydrogen-bond donors (Lipinski definition) is 2. The summed E-state index contributed by atoms with van der Waals surface area (Å²) in [6, 6.07) is 0.575. The second-order valence-corrected chi connectivity index (χ2v) is 4.33. The van der Waals surface area contributed by atoms with Gasteiger partial charge < -0.3 is 19.9 Å². The molecule has 0 aliphatic carbocycles. The van der Waals surface area contributed by atoms with Crippen molar-refractivity contribution in [3.05, 3.63) is 0 Å². The number of aliphatic hydroxyl groups is 1. The summed E-state index contributed by atoms with van der Waals surface area (Å²) < 4.78 is 10.6. The summed E-state index contributed by atoms with van der Waals surface area (Å²) in [4.78, 5) is 0. The Bertz CT molecular complexity index is 188. The highest BCUT2D eigenvalue weighted by Crippen LogP contribution is 2.16. The van der Waals surface area contributed by atoms with Crippen molar-refractivity contribution in [1.29, 1.82) is 0 Å². The lowest BCUT2D eigenvalue weighted by Crippen LogP contribution is -2.50. The molecule has 4 unspecified atom stereocenters. The standard InChI is InChI=1S/C10H19NO3/c1-7-4-13-3-2-8(7)11-9-5-14-6-10(9)12/h7-12H,2-6H2,1H3. The van der Waals surface area contributed by atoms with E-state index in [1.54, 1.807) is 0 Å². The molecule has 14 heavy (non-hydrogen) atoms. The molecule has 2 N–H and O–H groups in total. The Morgan fingerprint density at radius 2 is 2.00 bits per heavy atom. The third-order valence-electron chi connectivity index (χ3n) is 3.12. The van der Waals surface area contributed by atoms with Crippen LogP contribution in [0, 0.1) is 5.92 Å². The minimum atomic E-state index is -0.343. The third-order valence-corrected chi connectivity index (χ3v) is 3.12. The molecule has 0 saturated carbocycles. The van der Waals surface area contributed by atoms with E-state index < -0.39 is 0 Å². The van der Waals surface area contributed by atoms with Gasteiger partial charge >= 0.3 is 0 Å². The predicted octanol–water partition coefficient (Wildman–Crippen LogP) is -0.239. The topological polar surface area (TPSA) is 50.7 Å². The zero-order valence-corrected chi connectivity index (χ0v) is 8.61. The van der Waals surface area contributed by atoms with Crippen molar-refractivity contribution >= 4 is 0 Å². The Morgan fingerprint density at radius 3 is 2.64 bits per heavy atom. The first-order valence-electron chi connectivity index (χ1n) is 5.37. The highest BCUT2D eigenvalue weighted by atomic mass is 16.5. The second-order valence-electron chi connectivity index (χ2n) is 4.33. The van der Waals surface area contributed by atoms with E-state index in [1.807, 2.05) is 0 Å².